The molecule has 1 heterocycles. The van der Waals surface area contributed by atoms with Crippen molar-refractivity contribution in [3.05, 3.63) is 17.8 Å². The van der Waals surface area contributed by atoms with Crippen molar-refractivity contribution in [1.82, 2.24) is 15.5 Å². The molecule has 1 rings (SSSR count). The number of nitrogens with one attached hydrogen (secondary N) is 1. The van der Waals surface area contributed by atoms with E-state index >= 15 is 0 Å². The zero-order chi connectivity index (χ0) is 12.2. The van der Waals surface area contributed by atoms with Crippen LogP contribution >= 0.6 is 11.8 Å². The second-order valence-electron chi connectivity index (χ2n) is 3.99. The van der Waals surface area contributed by atoms with E-state index in [2.05, 4.69) is 29.4 Å². The molecule has 0 saturated carbocycles. The van der Waals surface area contributed by atoms with Gasteiger partial charge in [0.15, 0.2) is 5.69 Å². The quantitative estimate of drug-likeness (QED) is 0.818. The fraction of sp³-hybridized carbons (Fsp3) is 0.500. The lowest BCUT2D eigenvalue weighted by molar-refractivity contribution is 0.0945. The number of thioether (sulfide) groups is 1. The lowest BCUT2D eigenvalue weighted by Crippen LogP contribution is -2.36. The first-order valence-electron chi connectivity index (χ1n) is 4.87. The van der Waals surface area contributed by atoms with E-state index in [1.165, 1.54) is 0 Å². The predicted octanol–water partition coefficient (Wildman–Crippen LogP) is 0.930. The zero-order valence-corrected chi connectivity index (χ0v) is 10.5. The average Bonchev–Trinajstić information content (AvgIpc) is 2.27. The molecule has 0 radical (unpaired) electrons. The van der Waals surface area contributed by atoms with E-state index in [0.717, 1.165) is 0 Å². The molecule has 1 aromatic heterocycles. The molecule has 3 N–H and O–H groups in total. The van der Waals surface area contributed by atoms with Crippen LogP contribution in [0, 0.1) is 0 Å². The number of carbonyl (C=O) groups is 1. The third-order valence-corrected chi connectivity index (χ3v) is 3.39. The Morgan fingerprint density at radius 1 is 1.50 bits per heavy atom. The lowest BCUT2D eigenvalue weighted by Gasteiger charge is -2.21. The Labute approximate surface area is 99.2 Å². The summed E-state index contributed by atoms with van der Waals surface area (Å²) >= 11 is 1.70. The monoisotopic (exact) mass is 240 g/mol. The van der Waals surface area contributed by atoms with Gasteiger partial charge in [-0.1, -0.05) is 0 Å². The molecule has 0 aliphatic carbocycles. The number of nitrogens with two attached hydrogens (primary N) is 1. The summed E-state index contributed by atoms with van der Waals surface area (Å²) in [5, 5.41) is 10.1. The van der Waals surface area contributed by atoms with Gasteiger partial charge in [-0.25, -0.2) is 0 Å². The number of amides is 1. The Morgan fingerprint density at radius 3 is 2.69 bits per heavy atom. The van der Waals surface area contributed by atoms with Crippen molar-refractivity contribution in [2.24, 2.45) is 0 Å². The minimum Gasteiger partial charge on any atom is -0.382 e. The van der Waals surface area contributed by atoms with Crippen molar-refractivity contribution in [1.29, 1.82) is 0 Å². The van der Waals surface area contributed by atoms with Gasteiger partial charge in [0, 0.05) is 11.3 Å². The summed E-state index contributed by atoms with van der Waals surface area (Å²) < 4.78 is 0.0108. The molecule has 0 aliphatic heterocycles. The number of hydrogen-bond donors (Lipinski definition) is 2. The highest BCUT2D eigenvalue weighted by molar-refractivity contribution is 7.99. The topological polar surface area (TPSA) is 80.9 Å². The van der Waals surface area contributed by atoms with Crippen LogP contribution < -0.4 is 11.1 Å². The van der Waals surface area contributed by atoms with Gasteiger partial charge in [0.1, 0.15) is 5.82 Å². The maximum Gasteiger partial charge on any atom is 0.271 e. The molecule has 0 atom stereocenters. The molecule has 0 aromatic carbocycles. The van der Waals surface area contributed by atoms with Crippen molar-refractivity contribution >= 4 is 23.5 Å². The molecule has 6 heteroatoms. The Morgan fingerprint density at radius 2 is 2.19 bits per heavy atom. The standard InChI is InChI=1S/C10H16N4OS/c1-10(2,16-3)6-12-9(15)7-4-5-8(11)14-13-7/h4-5H,6H2,1-3H3,(H2,11,14)(H,12,15). The van der Waals surface area contributed by atoms with E-state index in [0.29, 0.717) is 12.4 Å². The Bertz CT molecular complexity index is 364. The number of carbonyl (C=O) groups excluding carboxylic acids is 1. The molecule has 0 spiro atoms. The van der Waals surface area contributed by atoms with E-state index in [1.807, 2.05) is 6.26 Å². The molecule has 0 unspecified atom stereocenters. The van der Waals surface area contributed by atoms with Gasteiger partial charge in [0.05, 0.1) is 0 Å². The van der Waals surface area contributed by atoms with Crippen LogP contribution in [0.1, 0.15) is 24.3 Å². The molecule has 0 aliphatic rings. The normalized spacial score (nSPS) is 11.2. The molecule has 0 saturated heterocycles. The summed E-state index contributed by atoms with van der Waals surface area (Å²) in [5.74, 6) is 0.0793. The number of nitrogen functional groups attached to an aromatic ring is 1. The molecular weight excluding hydrogens is 224 g/mol. The van der Waals surface area contributed by atoms with Crippen molar-refractivity contribution in [3.63, 3.8) is 0 Å². The van der Waals surface area contributed by atoms with Crippen LogP contribution in [-0.2, 0) is 0 Å². The van der Waals surface area contributed by atoms with E-state index in [9.17, 15) is 4.79 Å². The molecule has 5 nitrogen and oxygen atoms in total. The number of anilines is 1. The fourth-order valence-corrected chi connectivity index (χ4v) is 1.14. The highest BCUT2D eigenvalue weighted by Crippen LogP contribution is 2.19. The first kappa shape index (κ1) is 12.8. The molecule has 1 amide bonds. The van der Waals surface area contributed by atoms with Gasteiger partial charge >= 0.3 is 0 Å². The Balaban J connectivity index is 2.56. The Hall–Kier alpha value is -1.30. The zero-order valence-electron chi connectivity index (χ0n) is 9.65. The van der Waals surface area contributed by atoms with Gasteiger partial charge in [-0.3, -0.25) is 4.79 Å². The summed E-state index contributed by atoms with van der Waals surface area (Å²) in [6.45, 7) is 4.71. The van der Waals surface area contributed by atoms with Crippen molar-refractivity contribution in [3.8, 4) is 0 Å². The predicted molar refractivity (Wildman–Crippen MR) is 66.4 cm³/mol. The highest BCUT2D eigenvalue weighted by Gasteiger charge is 2.17. The van der Waals surface area contributed by atoms with Crippen molar-refractivity contribution < 1.29 is 4.79 Å². The van der Waals surface area contributed by atoms with E-state index < -0.39 is 0 Å². The molecular formula is C10H16N4OS. The van der Waals surface area contributed by atoms with Crippen LogP contribution in [0.2, 0.25) is 0 Å². The van der Waals surface area contributed by atoms with Gasteiger partial charge in [-0.2, -0.15) is 11.8 Å². The summed E-state index contributed by atoms with van der Waals surface area (Å²) in [6, 6.07) is 3.12. The number of nitrogens with zero attached hydrogens (tertiary/aromatic N) is 2. The van der Waals surface area contributed by atoms with Crippen LogP contribution in [0.4, 0.5) is 5.82 Å². The molecule has 16 heavy (non-hydrogen) atoms. The van der Waals surface area contributed by atoms with Crippen molar-refractivity contribution in [2.75, 3.05) is 18.5 Å². The first-order valence-corrected chi connectivity index (χ1v) is 6.09. The number of aromatic nitrogens is 2. The average molecular weight is 240 g/mol. The first-order chi connectivity index (χ1) is 7.44. The summed E-state index contributed by atoms with van der Waals surface area (Å²) in [4.78, 5) is 11.7. The molecule has 1 aromatic rings. The van der Waals surface area contributed by atoms with Crippen molar-refractivity contribution in [2.45, 2.75) is 18.6 Å². The summed E-state index contributed by atoms with van der Waals surface area (Å²) in [5.41, 5.74) is 5.67. The van der Waals surface area contributed by atoms with Crippen LogP contribution in [-0.4, -0.2) is 33.7 Å². The second kappa shape index (κ2) is 5.16. The lowest BCUT2D eigenvalue weighted by atomic mass is 10.2. The van der Waals surface area contributed by atoms with Crippen LogP contribution in [0.3, 0.4) is 0 Å². The smallest absolute Gasteiger partial charge is 0.271 e. The van der Waals surface area contributed by atoms with E-state index in [4.69, 9.17) is 5.73 Å². The van der Waals surface area contributed by atoms with Gasteiger partial charge in [-0.05, 0) is 32.2 Å². The molecule has 0 bridgehead atoms. The van der Waals surface area contributed by atoms with Gasteiger partial charge in [0.2, 0.25) is 0 Å². The fourth-order valence-electron chi connectivity index (χ4n) is 0.920. The van der Waals surface area contributed by atoms with Crippen LogP contribution in [0.5, 0.6) is 0 Å². The minimum atomic E-state index is -0.227. The summed E-state index contributed by atoms with van der Waals surface area (Å²) in [6.07, 6.45) is 2.01. The van der Waals surface area contributed by atoms with Gasteiger partial charge in [0.25, 0.3) is 5.91 Å². The Kier molecular flexibility index (Phi) is 4.12. The third-order valence-electron chi connectivity index (χ3n) is 2.15. The second-order valence-corrected chi connectivity index (χ2v) is 5.50. The minimum absolute atomic E-state index is 0.0108. The number of rotatable bonds is 4. The van der Waals surface area contributed by atoms with Crippen LogP contribution in [0.15, 0.2) is 12.1 Å². The number of hydrogen-bond acceptors (Lipinski definition) is 5. The molecule has 0 fully saturated rings. The highest BCUT2D eigenvalue weighted by atomic mass is 32.2. The van der Waals surface area contributed by atoms with Crippen LogP contribution in [0.25, 0.3) is 0 Å². The third kappa shape index (κ3) is 3.69. The maximum atomic E-state index is 11.7. The van der Waals surface area contributed by atoms with Gasteiger partial charge in [-0.15, -0.1) is 10.2 Å². The maximum absolute atomic E-state index is 11.7. The largest absolute Gasteiger partial charge is 0.382 e. The molecule has 88 valence electrons. The summed E-state index contributed by atoms with van der Waals surface area (Å²) in [7, 11) is 0. The van der Waals surface area contributed by atoms with E-state index in [1.54, 1.807) is 23.9 Å². The van der Waals surface area contributed by atoms with Gasteiger partial charge < -0.3 is 11.1 Å². The van der Waals surface area contributed by atoms with E-state index in [-0.39, 0.29) is 16.3 Å². The SMILES string of the molecule is CSC(C)(C)CNC(=O)c1ccc(N)nn1.